The van der Waals surface area contributed by atoms with E-state index in [2.05, 4.69) is 19.6 Å². The summed E-state index contributed by atoms with van der Waals surface area (Å²) in [5.74, 6) is -0.452. The maximum atomic E-state index is 12.7. The highest BCUT2D eigenvalue weighted by molar-refractivity contribution is 5.89. The van der Waals surface area contributed by atoms with Crippen LogP contribution in [-0.4, -0.2) is 128 Å². The van der Waals surface area contributed by atoms with Gasteiger partial charge in [-0.15, -0.1) is 0 Å². The van der Waals surface area contributed by atoms with Crippen LogP contribution in [0, 0.1) is 0 Å². The summed E-state index contributed by atoms with van der Waals surface area (Å²) < 4.78 is 10.4. The van der Waals surface area contributed by atoms with Crippen molar-refractivity contribution in [3.05, 3.63) is 35.4 Å². The topological polar surface area (TPSA) is 99.7 Å². The van der Waals surface area contributed by atoms with E-state index >= 15 is 0 Å². The van der Waals surface area contributed by atoms with Crippen LogP contribution in [0.2, 0.25) is 0 Å². The summed E-state index contributed by atoms with van der Waals surface area (Å²) in [5, 5.41) is 0. The number of benzene rings is 1. The Kier molecular flexibility index (Phi) is 13.2. The highest BCUT2D eigenvalue weighted by Crippen LogP contribution is 2.11. The van der Waals surface area contributed by atoms with Gasteiger partial charge in [0.05, 0.1) is 32.3 Å². The molecule has 1 fully saturated rings. The Hall–Kier alpha value is -2.66. The van der Waals surface area contributed by atoms with Gasteiger partial charge in [0.2, 0.25) is 0 Å². The van der Waals surface area contributed by atoms with Gasteiger partial charge < -0.3 is 9.47 Å². The lowest BCUT2D eigenvalue weighted by Crippen LogP contribution is -2.48. The molecule has 10 heteroatoms. The number of esters is 2. The molecule has 0 aromatic heterocycles. The summed E-state index contributed by atoms with van der Waals surface area (Å²) >= 11 is 0. The Morgan fingerprint density at radius 1 is 0.692 bits per heavy atom. The smallest absolute Gasteiger partial charge is 0.337 e. The zero-order chi connectivity index (χ0) is 29.0. The normalized spacial score (nSPS) is 17.6. The van der Waals surface area contributed by atoms with Gasteiger partial charge in [-0.3, -0.25) is 34.0 Å². The first-order valence-corrected chi connectivity index (χ1v) is 13.6. The molecule has 10 nitrogen and oxygen atoms in total. The molecule has 0 bridgehead atoms. The fourth-order valence-corrected chi connectivity index (χ4v) is 4.52. The molecular formula is C29H46N4O6. The fraction of sp³-hybridized carbons (Fsp3) is 0.655. The molecule has 1 aromatic carbocycles. The van der Waals surface area contributed by atoms with E-state index in [1.807, 2.05) is 32.9 Å². The number of rotatable bonds is 9. The Labute approximate surface area is 233 Å². The van der Waals surface area contributed by atoms with E-state index in [1.54, 1.807) is 26.0 Å². The van der Waals surface area contributed by atoms with E-state index < -0.39 is 5.60 Å². The summed E-state index contributed by atoms with van der Waals surface area (Å²) in [6, 6.07) is 7.37. The van der Waals surface area contributed by atoms with Crippen LogP contribution in [0.4, 0.5) is 0 Å². The lowest BCUT2D eigenvalue weighted by molar-refractivity contribution is -0.156. The summed E-state index contributed by atoms with van der Waals surface area (Å²) in [6.07, 6.45) is 0. The first-order valence-electron chi connectivity index (χ1n) is 13.6. The van der Waals surface area contributed by atoms with Crippen molar-refractivity contribution in [3.8, 4) is 0 Å². The van der Waals surface area contributed by atoms with E-state index in [1.165, 1.54) is 7.11 Å². The largest absolute Gasteiger partial charge is 0.465 e. The number of methoxy groups -OCH3 is 1. The summed E-state index contributed by atoms with van der Waals surface area (Å²) in [4.78, 5) is 57.0. The molecule has 1 aliphatic rings. The Morgan fingerprint density at radius 3 is 1.49 bits per heavy atom. The molecule has 0 unspecified atom stereocenters. The van der Waals surface area contributed by atoms with Gasteiger partial charge >= 0.3 is 11.9 Å². The third-order valence-electron chi connectivity index (χ3n) is 6.38. The van der Waals surface area contributed by atoms with Gasteiger partial charge in [0.15, 0.2) is 0 Å². The van der Waals surface area contributed by atoms with Crippen LogP contribution in [-0.2, 0) is 30.4 Å². The lowest BCUT2D eigenvalue weighted by atomic mass is 10.1. The second kappa shape index (κ2) is 15.8. The first kappa shape index (κ1) is 32.6. The van der Waals surface area contributed by atoms with Gasteiger partial charge in [0.1, 0.15) is 17.2 Å². The van der Waals surface area contributed by atoms with Crippen LogP contribution < -0.4 is 0 Å². The van der Waals surface area contributed by atoms with Crippen LogP contribution in [0.1, 0.15) is 50.5 Å². The van der Waals surface area contributed by atoms with Gasteiger partial charge in [-0.25, -0.2) is 4.79 Å². The summed E-state index contributed by atoms with van der Waals surface area (Å²) in [7, 11) is 1.36. The van der Waals surface area contributed by atoms with Crippen molar-refractivity contribution in [3.63, 3.8) is 0 Å². The third-order valence-corrected chi connectivity index (χ3v) is 6.38. The highest BCUT2D eigenvalue weighted by atomic mass is 16.6. The molecule has 1 aliphatic heterocycles. The molecule has 0 saturated carbocycles. The molecule has 0 atom stereocenters. The molecule has 0 aliphatic carbocycles. The zero-order valence-corrected chi connectivity index (χ0v) is 24.5. The van der Waals surface area contributed by atoms with Gasteiger partial charge in [-0.2, -0.15) is 0 Å². The molecule has 1 aromatic rings. The quantitative estimate of drug-likeness (QED) is 0.426. The molecule has 39 heavy (non-hydrogen) atoms. The van der Waals surface area contributed by atoms with Crippen LogP contribution in [0.5, 0.6) is 0 Å². The number of nitrogens with zero attached hydrogens (tertiary/aromatic N) is 4. The molecule has 218 valence electrons. The van der Waals surface area contributed by atoms with Crippen molar-refractivity contribution in [2.75, 3.05) is 79.1 Å². The van der Waals surface area contributed by atoms with Gasteiger partial charge in [-0.1, -0.05) is 12.1 Å². The number of carbonyl (C=O) groups is 4. The Morgan fingerprint density at radius 2 is 1.10 bits per heavy atom. The second-order valence-electron chi connectivity index (χ2n) is 11.3. The summed E-state index contributed by atoms with van der Waals surface area (Å²) in [6.45, 7) is 15.6. The molecule has 0 spiro atoms. The number of carbonyl (C=O) groups excluding carboxylic acids is 4. The summed E-state index contributed by atoms with van der Waals surface area (Å²) in [5.41, 5.74) is 0.993. The molecule has 1 heterocycles. The zero-order valence-electron chi connectivity index (χ0n) is 24.5. The first-order chi connectivity index (χ1) is 18.3. The van der Waals surface area contributed by atoms with E-state index in [-0.39, 0.29) is 30.0 Å². The van der Waals surface area contributed by atoms with Crippen molar-refractivity contribution < 1.29 is 28.7 Å². The second-order valence-corrected chi connectivity index (χ2v) is 11.3. The lowest BCUT2D eigenvalue weighted by Gasteiger charge is -2.34. The molecule has 0 N–H and O–H groups in total. The van der Waals surface area contributed by atoms with E-state index in [0.29, 0.717) is 71.0 Å². The minimum Gasteiger partial charge on any atom is -0.465 e. The van der Waals surface area contributed by atoms with Crippen molar-refractivity contribution in [2.45, 2.75) is 46.8 Å². The molecule has 0 amide bonds. The monoisotopic (exact) mass is 546 g/mol. The molecule has 1 saturated heterocycles. The number of ketones is 2. The van der Waals surface area contributed by atoms with E-state index in [4.69, 9.17) is 9.47 Å². The maximum absolute atomic E-state index is 12.7. The van der Waals surface area contributed by atoms with Gasteiger partial charge in [0.25, 0.3) is 0 Å². The predicted octanol–water partition coefficient (Wildman–Crippen LogP) is 1.71. The molecule has 0 radical (unpaired) electrons. The Bertz CT molecular complexity index is 960. The van der Waals surface area contributed by atoms with Crippen molar-refractivity contribution in [2.24, 2.45) is 0 Å². The number of ether oxygens (including phenoxy) is 2. The number of hydrogen-bond acceptors (Lipinski definition) is 10. The highest BCUT2D eigenvalue weighted by Gasteiger charge is 2.22. The third kappa shape index (κ3) is 13.3. The SMILES string of the molecule is COC(=O)c1ccc(CN2CCN(CC(C)=O)CCN(CC(C)=O)CCN(CC(=O)OC(C)(C)C)CC2)cc1. The predicted molar refractivity (Wildman–Crippen MR) is 150 cm³/mol. The maximum Gasteiger partial charge on any atom is 0.337 e. The molecular weight excluding hydrogens is 500 g/mol. The standard InChI is InChI=1S/C29H46N4O6/c1-23(34)19-30-11-12-31(20-24(2)35)14-17-33(22-27(36)39-29(3,4)5)18-16-32(15-13-30)21-25-7-9-26(10-8-25)28(37)38-6/h7-10H,11-22H2,1-6H3. The minimum atomic E-state index is -0.563. The Balaban J connectivity index is 2.22. The van der Waals surface area contributed by atoms with Crippen molar-refractivity contribution >= 4 is 23.5 Å². The van der Waals surface area contributed by atoms with Crippen molar-refractivity contribution in [1.29, 1.82) is 0 Å². The van der Waals surface area contributed by atoms with Gasteiger partial charge in [-0.05, 0) is 52.3 Å². The average molecular weight is 547 g/mol. The molecule has 2 rings (SSSR count). The number of hydrogen-bond donors (Lipinski definition) is 0. The van der Waals surface area contributed by atoms with Crippen molar-refractivity contribution in [1.82, 2.24) is 19.6 Å². The van der Waals surface area contributed by atoms with Crippen LogP contribution in [0.3, 0.4) is 0 Å². The van der Waals surface area contributed by atoms with E-state index in [9.17, 15) is 19.2 Å². The van der Waals surface area contributed by atoms with Crippen LogP contribution >= 0.6 is 0 Å². The van der Waals surface area contributed by atoms with Crippen LogP contribution in [0.25, 0.3) is 0 Å². The van der Waals surface area contributed by atoms with Gasteiger partial charge in [0, 0.05) is 58.9 Å². The van der Waals surface area contributed by atoms with E-state index in [0.717, 1.165) is 12.1 Å². The average Bonchev–Trinajstić information content (AvgIpc) is 2.83. The fourth-order valence-electron chi connectivity index (χ4n) is 4.52. The minimum absolute atomic E-state index is 0.0864. The van der Waals surface area contributed by atoms with Crippen LogP contribution in [0.15, 0.2) is 24.3 Å². The number of Topliss-reactive ketones (excluding diaryl/α,β-unsaturated/α-hetero) is 2.